The third-order valence-corrected chi connectivity index (χ3v) is 5.95. The molecule has 2 aromatic carbocycles. The lowest BCUT2D eigenvalue weighted by Gasteiger charge is -2.38. The van der Waals surface area contributed by atoms with E-state index in [0.29, 0.717) is 22.6 Å². The molecule has 0 fully saturated rings. The summed E-state index contributed by atoms with van der Waals surface area (Å²) in [6.45, 7) is -0.522. The van der Waals surface area contributed by atoms with E-state index in [0.717, 1.165) is 0 Å². The molecule has 2 aromatic rings. The predicted octanol–water partition coefficient (Wildman–Crippen LogP) is 0.781. The van der Waals surface area contributed by atoms with Gasteiger partial charge in [0.15, 0.2) is 0 Å². The molecule has 32 heavy (non-hydrogen) atoms. The Morgan fingerprint density at radius 2 is 1.81 bits per heavy atom. The van der Waals surface area contributed by atoms with Gasteiger partial charge in [-0.2, -0.15) is 5.26 Å². The summed E-state index contributed by atoms with van der Waals surface area (Å²) in [6, 6.07) is 17.7. The van der Waals surface area contributed by atoms with Gasteiger partial charge in [-0.1, -0.05) is 36.4 Å². The van der Waals surface area contributed by atoms with Crippen molar-refractivity contribution in [2.45, 2.75) is 5.41 Å². The molecule has 0 bridgehead atoms. The van der Waals surface area contributed by atoms with Gasteiger partial charge in [-0.25, -0.2) is 4.79 Å². The average Bonchev–Trinajstić information content (AvgIpc) is 3.27. The highest BCUT2D eigenvalue weighted by molar-refractivity contribution is 6.21. The second-order valence-electron chi connectivity index (χ2n) is 7.57. The minimum Gasteiger partial charge on any atom is -0.456 e. The largest absolute Gasteiger partial charge is 0.456 e. The van der Waals surface area contributed by atoms with Crippen molar-refractivity contribution in [2.24, 2.45) is 11.5 Å². The summed E-state index contributed by atoms with van der Waals surface area (Å²) in [5.41, 5.74) is 11.8. The number of fused-ring (bicyclic) bond motifs is 3. The number of para-hydroxylation sites is 2. The number of carbonyl (C=O) groups excluding carboxylic acids is 3. The van der Waals surface area contributed by atoms with E-state index in [1.807, 2.05) is 6.07 Å². The normalized spacial score (nSPS) is 21.6. The van der Waals surface area contributed by atoms with Crippen molar-refractivity contribution in [1.29, 1.82) is 5.26 Å². The van der Waals surface area contributed by atoms with Crippen molar-refractivity contribution in [1.82, 2.24) is 0 Å². The Hall–Kier alpha value is -4.58. The summed E-state index contributed by atoms with van der Waals surface area (Å²) < 4.78 is 5.35. The molecule has 0 radical (unpaired) electrons. The summed E-state index contributed by atoms with van der Waals surface area (Å²) in [4.78, 5) is 41.5. The third kappa shape index (κ3) is 2.29. The van der Waals surface area contributed by atoms with Crippen LogP contribution >= 0.6 is 0 Å². The van der Waals surface area contributed by atoms with Crippen molar-refractivity contribution in [3.63, 3.8) is 0 Å². The molecule has 9 heteroatoms. The Kier molecular flexibility index (Phi) is 4.07. The van der Waals surface area contributed by atoms with E-state index in [1.165, 1.54) is 4.90 Å². The van der Waals surface area contributed by atoms with Crippen LogP contribution < -0.4 is 21.3 Å². The highest BCUT2D eigenvalue weighted by Gasteiger charge is 2.64. The molecule has 158 valence electrons. The molecule has 9 nitrogen and oxygen atoms in total. The maximum Gasteiger partial charge on any atom is 0.338 e. The van der Waals surface area contributed by atoms with Crippen LogP contribution in [-0.2, 0) is 24.5 Å². The SMILES string of the molecule is N#CC1=C(N)N(c2ccccc2)C2=C(C(=O)OC2)[C@@]12C(=O)N(CC(N)=O)c1ccccc12. The number of nitrogens with zero attached hydrogens (tertiary/aromatic N) is 3. The number of benzene rings is 2. The van der Waals surface area contributed by atoms with Crippen molar-refractivity contribution < 1.29 is 19.1 Å². The summed E-state index contributed by atoms with van der Waals surface area (Å²) in [5, 5.41) is 10.2. The van der Waals surface area contributed by atoms with Gasteiger partial charge in [-0.15, -0.1) is 0 Å². The number of hydrogen-bond acceptors (Lipinski definition) is 7. The van der Waals surface area contributed by atoms with Gasteiger partial charge in [0.2, 0.25) is 11.8 Å². The van der Waals surface area contributed by atoms with Gasteiger partial charge in [0, 0.05) is 16.9 Å². The summed E-state index contributed by atoms with van der Waals surface area (Å²) in [5.74, 6) is -2.08. The maximum atomic E-state index is 13.9. The third-order valence-electron chi connectivity index (χ3n) is 5.95. The Balaban J connectivity index is 1.86. The lowest BCUT2D eigenvalue weighted by Crippen LogP contribution is -2.51. The highest BCUT2D eigenvalue weighted by Crippen LogP contribution is 2.56. The second-order valence-corrected chi connectivity index (χ2v) is 7.57. The van der Waals surface area contributed by atoms with E-state index in [1.54, 1.807) is 53.4 Å². The first-order valence-electron chi connectivity index (χ1n) is 9.79. The van der Waals surface area contributed by atoms with E-state index in [2.05, 4.69) is 6.07 Å². The van der Waals surface area contributed by atoms with E-state index in [9.17, 15) is 19.6 Å². The fraction of sp³-hybridized carbons (Fsp3) is 0.130. The quantitative estimate of drug-likeness (QED) is 0.689. The minimum absolute atomic E-state index is 0.0137. The molecule has 0 aliphatic carbocycles. The van der Waals surface area contributed by atoms with E-state index < -0.39 is 29.7 Å². The first-order valence-corrected chi connectivity index (χ1v) is 9.79. The van der Waals surface area contributed by atoms with E-state index in [4.69, 9.17) is 16.2 Å². The van der Waals surface area contributed by atoms with Crippen LogP contribution in [0.1, 0.15) is 5.56 Å². The zero-order valence-corrected chi connectivity index (χ0v) is 16.7. The first kappa shape index (κ1) is 19.4. The van der Waals surface area contributed by atoms with Gasteiger partial charge in [0.05, 0.1) is 16.8 Å². The van der Waals surface area contributed by atoms with E-state index in [-0.39, 0.29) is 23.6 Å². The van der Waals surface area contributed by atoms with Crippen molar-refractivity contribution in [3.8, 4) is 6.07 Å². The smallest absolute Gasteiger partial charge is 0.338 e. The molecular formula is C23H17N5O4. The second kappa shape index (κ2) is 6.72. The number of cyclic esters (lactones) is 1. The molecule has 1 atom stereocenters. The number of ether oxygens (including phenoxy) is 1. The van der Waals surface area contributed by atoms with Crippen molar-refractivity contribution in [2.75, 3.05) is 23.0 Å². The molecule has 4 N–H and O–H groups in total. The zero-order chi connectivity index (χ0) is 22.6. The Morgan fingerprint density at radius 3 is 2.50 bits per heavy atom. The van der Waals surface area contributed by atoms with Crippen LogP contribution in [0, 0.1) is 11.3 Å². The number of anilines is 2. The van der Waals surface area contributed by atoms with Gasteiger partial charge < -0.3 is 21.1 Å². The molecule has 0 saturated heterocycles. The average molecular weight is 427 g/mol. The Labute approximate surface area is 182 Å². The summed E-state index contributed by atoms with van der Waals surface area (Å²) in [6.07, 6.45) is 0. The molecule has 0 unspecified atom stereocenters. The summed E-state index contributed by atoms with van der Waals surface area (Å²) >= 11 is 0. The fourth-order valence-corrected chi connectivity index (χ4v) is 4.78. The molecule has 3 aliphatic heterocycles. The first-order chi connectivity index (χ1) is 15.4. The molecule has 3 heterocycles. The maximum absolute atomic E-state index is 13.9. The number of carbonyl (C=O) groups is 3. The molecular weight excluding hydrogens is 410 g/mol. The van der Waals surface area contributed by atoms with Gasteiger partial charge in [-0.05, 0) is 18.2 Å². The highest BCUT2D eigenvalue weighted by atomic mass is 16.5. The predicted molar refractivity (Wildman–Crippen MR) is 113 cm³/mol. The van der Waals surface area contributed by atoms with Crippen LogP contribution in [-0.4, -0.2) is 30.9 Å². The van der Waals surface area contributed by atoms with E-state index >= 15 is 0 Å². The van der Waals surface area contributed by atoms with Crippen LogP contribution in [0.4, 0.5) is 11.4 Å². The van der Waals surface area contributed by atoms with Crippen molar-refractivity contribution >= 4 is 29.2 Å². The number of amides is 2. The zero-order valence-electron chi connectivity index (χ0n) is 16.7. The fourth-order valence-electron chi connectivity index (χ4n) is 4.78. The molecule has 0 saturated carbocycles. The number of nitriles is 1. The van der Waals surface area contributed by atoms with Crippen LogP contribution in [0.3, 0.4) is 0 Å². The molecule has 1 spiro atoms. The molecule has 3 aliphatic rings. The van der Waals surface area contributed by atoms with Crippen LogP contribution in [0.2, 0.25) is 0 Å². The Bertz CT molecular complexity index is 1310. The van der Waals surface area contributed by atoms with Gasteiger partial charge in [-0.3, -0.25) is 14.5 Å². The summed E-state index contributed by atoms with van der Waals surface area (Å²) in [7, 11) is 0. The lowest BCUT2D eigenvalue weighted by molar-refractivity contribution is -0.137. The van der Waals surface area contributed by atoms with Crippen LogP contribution in [0.25, 0.3) is 0 Å². The number of nitrogens with two attached hydrogens (primary N) is 2. The van der Waals surface area contributed by atoms with Gasteiger partial charge in [0.1, 0.15) is 30.5 Å². The lowest BCUT2D eigenvalue weighted by atomic mass is 9.67. The number of hydrogen-bond donors (Lipinski definition) is 2. The molecule has 2 amide bonds. The molecule has 5 rings (SSSR count). The van der Waals surface area contributed by atoms with Gasteiger partial charge in [0.25, 0.3) is 0 Å². The number of rotatable bonds is 3. The standard InChI is InChI=1S/C23H17N5O4/c24-10-15-20(26)28(13-6-2-1-3-7-13)17-12-32-21(30)19(17)23(15)14-8-4-5-9-16(14)27(22(23)31)11-18(25)29/h1-9H,11-12,26H2,(H2,25,29)/t23-/m0/s1. The monoisotopic (exact) mass is 427 g/mol. The van der Waals surface area contributed by atoms with Crippen LogP contribution in [0.5, 0.6) is 0 Å². The van der Waals surface area contributed by atoms with Crippen LogP contribution in [0.15, 0.2) is 77.3 Å². The topological polar surface area (TPSA) is 143 Å². The Morgan fingerprint density at radius 1 is 1.12 bits per heavy atom. The number of primary amides is 1. The number of esters is 1. The van der Waals surface area contributed by atoms with Crippen molar-refractivity contribution in [3.05, 3.63) is 82.8 Å². The minimum atomic E-state index is -1.82. The van der Waals surface area contributed by atoms with Gasteiger partial charge >= 0.3 is 5.97 Å². The molecule has 0 aromatic heterocycles.